The van der Waals surface area contributed by atoms with E-state index in [1.54, 1.807) is 6.20 Å². The van der Waals surface area contributed by atoms with Crippen LogP contribution in [0.2, 0.25) is 0 Å². The minimum Gasteiger partial charge on any atom is -0.494 e. The summed E-state index contributed by atoms with van der Waals surface area (Å²) in [6, 6.07) is 6.11. The fourth-order valence-electron chi connectivity index (χ4n) is 1.60. The number of nitrogens with zero attached hydrogens (tertiary/aromatic N) is 1. The normalized spacial score (nSPS) is 10.2. The standard InChI is InChI=1S/C13H17N3O/c1-3-17-12-8-11(5-4-10(12)2)16-9-13-14-6-7-15-13/h4-8,16H,3,9H2,1-2H3,(H,14,15). The molecule has 0 fully saturated rings. The lowest BCUT2D eigenvalue weighted by Crippen LogP contribution is -2.02. The predicted octanol–water partition coefficient (Wildman–Crippen LogP) is 2.73. The van der Waals surface area contributed by atoms with E-state index in [1.165, 1.54) is 0 Å². The van der Waals surface area contributed by atoms with Gasteiger partial charge in [-0.25, -0.2) is 4.98 Å². The van der Waals surface area contributed by atoms with Gasteiger partial charge in [0, 0.05) is 24.1 Å². The van der Waals surface area contributed by atoms with Gasteiger partial charge in [0.15, 0.2) is 0 Å². The van der Waals surface area contributed by atoms with Crippen molar-refractivity contribution in [2.75, 3.05) is 11.9 Å². The molecule has 0 radical (unpaired) electrons. The Morgan fingerprint density at radius 3 is 3.00 bits per heavy atom. The summed E-state index contributed by atoms with van der Waals surface area (Å²) in [4.78, 5) is 7.21. The van der Waals surface area contributed by atoms with Crippen molar-refractivity contribution < 1.29 is 4.74 Å². The average molecular weight is 231 g/mol. The maximum Gasteiger partial charge on any atom is 0.125 e. The minimum atomic E-state index is 0.682. The molecule has 90 valence electrons. The van der Waals surface area contributed by atoms with Crippen LogP contribution in [0.1, 0.15) is 18.3 Å². The highest BCUT2D eigenvalue weighted by atomic mass is 16.5. The van der Waals surface area contributed by atoms with E-state index >= 15 is 0 Å². The number of hydrogen-bond donors (Lipinski definition) is 2. The first-order valence-electron chi connectivity index (χ1n) is 5.75. The van der Waals surface area contributed by atoms with Crippen LogP contribution >= 0.6 is 0 Å². The van der Waals surface area contributed by atoms with Crippen LogP contribution in [0.4, 0.5) is 5.69 Å². The van der Waals surface area contributed by atoms with E-state index < -0.39 is 0 Å². The van der Waals surface area contributed by atoms with Gasteiger partial charge in [-0.2, -0.15) is 0 Å². The molecule has 0 bridgehead atoms. The number of anilines is 1. The summed E-state index contributed by atoms with van der Waals surface area (Å²) < 4.78 is 5.55. The number of aromatic nitrogens is 2. The van der Waals surface area contributed by atoms with Crippen LogP contribution in [0, 0.1) is 6.92 Å². The highest BCUT2D eigenvalue weighted by Gasteiger charge is 2.01. The van der Waals surface area contributed by atoms with E-state index in [4.69, 9.17) is 4.74 Å². The number of hydrogen-bond acceptors (Lipinski definition) is 3. The van der Waals surface area contributed by atoms with E-state index in [1.807, 2.05) is 32.2 Å². The van der Waals surface area contributed by atoms with Gasteiger partial charge in [-0.15, -0.1) is 0 Å². The summed E-state index contributed by atoms with van der Waals surface area (Å²) in [7, 11) is 0. The maximum absolute atomic E-state index is 5.55. The summed E-state index contributed by atoms with van der Waals surface area (Å²) in [5.74, 6) is 1.85. The monoisotopic (exact) mass is 231 g/mol. The fourth-order valence-corrected chi connectivity index (χ4v) is 1.60. The molecule has 0 saturated carbocycles. The Morgan fingerprint density at radius 1 is 1.41 bits per heavy atom. The Labute approximate surface area is 101 Å². The van der Waals surface area contributed by atoms with Crippen LogP contribution in [-0.2, 0) is 6.54 Å². The van der Waals surface area contributed by atoms with Gasteiger partial charge in [0.1, 0.15) is 11.6 Å². The zero-order valence-electron chi connectivity index (χ0n) is 10.2. The summed E-state index contributed by atoms with van der Waals surface area (Å²) in [6.45, 7) is 5.40. The smallest absolute Gasteiger partial charge is 0.125 e. The van der Waals surface area contributed by atoms with Gasteiger partial charge in [-0.3, -0.25) is 0 Å². The molecular formula is C13H17N3O. The third-order valence-electron chi connectivity index (χ3n) is 2.50. The Kier molecular flexibility index (Phi) is 3.65. The third kappa shape index (κ3) is 3.00. The number of aryl methyl sites for hydroxylation is 1. The van der Waals surface area contributed by atoms with Crippen LogP contribution in [-0.4, -0.2) is 16.6 Å². The number of rotatable bonds is 5. The third-order valence-corrected chi connectivity index (χ3v) is 2.50. The Balaban J connectivity index is 2.03. The van der Waals surface area contributed by atoms with Crippen molar-refractivity contribution in [3.63, 3.8) is 0 Å². The summed E-state index contributed by atoms with van der Waals surface area (Å²) in [6.07, 6.45) is 3.57. The van der Waals surface area contributed by atoms with E-state index in [9.17, 15) is 0 Å². The van der Waals surface area contributed by atoms with E-state index in [-0.39, 0.29) is 0 Å². The molecule has 4 heteroatoms. The van der Waals surface area contributed by atoms with Crippen LogP contribution < -0.4 is 10.1 Å². The quantitative estimate of drug-likeness (QED) is 0.831. The zero-order chi connectivity index (χ0) is 12.1. The second-order valence-corrected chi connectivity index (χ2v) is 3.80. The Hall–Kier alpha value is -1.97. The van der Waals surface area contributed by atoms with Crippen molar-refractivity contribution >= 4 is 5.69 Å². The maximum atomic E-state index is 5.55. The van der Waals surface area contributed by atoms with Crippen molar-refractivity contribution in [1.82, 2.24) is 9.97 Å². The SMILES string of the molecule is CCOc1cc(NCc2ncc[nH]2)ccc1C. The van der Waals surface area contributed by atoms with Crippen LogP contribution in [0.25, 0.3) is 0 Å². The first-order valence-corrected chi connectivity index (χ1v) is 5.75. The molecule has 1 heterocycles. The van der Waals surface area contributed by atoms with Gasteiger partial charge in [0.05, 0.1) is 13.2 Å². The minimum absolute atomic E-state index is 0.682. The molecule has 0 aliphatic rings. The van der Waals surface area contributed by atoms with Gasteiger partial charge in [0.25, 0.3) is 0 Å². The zero-order valence-corrected chi connectivity index (χ0v) is 10.2. The number of ether oxygens (including phenoxy) is 1. The molecule has 0 unspecified atom stereocenters. The molecule has 0 atom stereocenters. The first-order chi connectivity index (χ1) is 8.29. The summed E-state index contributed by atoms with van der Waals surface area (Å²) in [5, 5.41) is 3.30. The van der Waals surface area contributed by atoms with Gasteiger partial charge < -0.3 is 15.0 Å². The fraction of sp³-hybridized carbons (Fsp3) is 0.308. The van der Waals surface area contributed by atoms with E-state index in [0.29, 0.717) is 13.2 Å². The van der Waals surface area contributed by atoms with Crippen molar-refractivity contribution in [3.05, 3.63) is 42.0 Å². The van der Waals surface area contributed by atoms with Gasteiger partial charge in [-0.1, -0.05) is 6.07 Å². The molecule has 0 spiro atoms. The lowest BCUT2D eigenvalue weighted by Gasteiger charge is -2.10. The predicted molar refractivity (Wildman–Crippen MR) is 68.3 cm³/mol. The number of imidazole rings is 1. The molecule has 0 aliphatic carbocycles. The summed E-state index contributed by atoms with van der Waals surface area (Å²) >= 11 is 0. The first kappa shape index (κ1) is 11.5. The second-order valence-electron chi connectivity index (χ2n) is 3.80. The van der Waals surface area contributed by atoms with Crippen molar-refractivity contribution in [2.24, 2.45) is 0 Å². The Morgan fingerprint density at radius 2 is 2.29 bits per heavy atom. The number of benzene rings is 1. The van der Waals surface area contributed by atoms with E-state index in [2.05, 4.69) is 21.4 Å². The van der Waals surface area contributed by atoms with Gasteiger partial charge >= 0.3 is 0 Å². The van der Waals surface area contributed by atoms with Gasteiger partial charge in [0.2, 0.25) is 0 Å². The Bertz CT molecular complexity index is 466. The molecule has 0 amide bonds. The second kappa shape index (κ2) is 5.39. The molecule has 2 rings (SSSR count). The molecule has 2 N–H and O–H groups in total. The highest BCUT2D eigenvalue weighted by Crippen LogP contribution is 2.22. The number of nitrogens with one attached hydrogen (secondary N) is 2. The lowest BCUT2D eigenvalue weighted by molar-refractivity contribution is 0.338. The van der Waals surface area contributed by atoms with Crippen molar-refractivity contribution in [3.8, 4) is 5.75 Å². The molecule has 1 aromatic carbocycles. The van der Waals surface area contributed by atoms with Crippen LogP contribution in [0.3, 0.4) is 0 Å². The average Bonchev–Trinajstić information content (AvgIpc) is 2.83. The molecule has 0 aliphatic heterocycles. The largest absolute Gasteiger partial charge is 0.494 e. The van der Waals surface area contributed by atoms with Crippen molar-refractivity contribution in [2.45, 2.75) is 20.4 Å². The topological polar surface area (TPSA) is 49.9 Å². The molecule has 17 heavy (non-hydrogen) atoms. The molecule has 1 aromatic heterocycles. The van der Waals surface area contributed by atoms with E-state index in [0.717, 1.165) is 22.8 Å². The lowest BCUT2D eigenvalue weighted by atomic mass is 10.2. The molecular weight excluding hydrogens is 214 g/mol. The molecule has 2 aromatic rings. The molecule has 0 saturated heterocycles. The van der Waals surface area contributed by atoms with Crippen LogP contribution in [0.15, 0.2) is 30.6 Å². The van der Waals surface area contributed by atoms with Gasteiger partial charge in [-0.05, 0) is 25.5 Å². The molecule has 4 nitrogen and oxygen atoms in total. The number of aromatic amines is 1. The number of H-pyrrole nitrogens is 1. The van der Waals surface area contributed by atoms with Crippen LogP contribution in [0.5, 0.6) is 5.75 Å². The highest BCUT2D eigenvalue weighted by molar-refractivity contribution is 5.51. The van der Waals surface area contributed by atoms with Crippen molar-refractivity contribution in [1.29, 1.82) is 0 Å². The summed E-state index contributed by atoms with van der Waals surface area (Å²) in [5.41, 5.74) is 2.19.